The smallest absolute Gasteiger partial charge is 0.200 e. The molecule has 0 aromatic heterocycles. The molecule has 3 N–H and O–H groups in total. The van der Waals surface area contributed by atoms with Crippen LogP contribution in [-0.2, 0) is 4.74 Å². The van der Waals surface area contributed by atoms with Gasteiger partial charge in [0.1, 0.15) is 0 Å². The highest BCUT2D eigenvalue weighted by Crippen LogP contribution is 2.34. The lowest BCUT2D eigenvalue weighted by Gasteiger charge is -2.30. The van der Waals surface area contributed by atoms with Gasteiger partial charge < -0.3 is 4.74 Å². The second-order valence-electron chi connectivity index (χ2n) is 4.61. The lowest BCUT2D eigenvalue weighted by molar-refractivity contribution is 0.0376. The molecule has 3 nitrogen and oxygen atoms in total. The van der Waals surface area contributed by atoms with Gasteiger partial charge in [0.2, 0.25) is 5.82 Å². The van der Waals surface area contributed by atoms with E-state index in [1.807, 2.05) is 0 Å². The van der Waals surface area contributed by atoms with Crippen molar-refractivity contribution in [2.45, 2.75) is 18.9 Å². The van der Waals surface area contributed by atoms with Crippen LogP contribution in [-0.4, -0.2) is 13.2 Å². The summed E-state index contributed by atoms with van der Waals surface area (Å²) in [6, 6.07) is -1.21. The molecule has 1 aliphatic heterocycles. The molecule has 8 heteroatoms. The van der Waals surface area contributed by atoms with Gasteiger partial charge >= 0.3 is 0 Å². The van der Waals surface area contributed by atoms with Crippen molar-refractivity contribution in [3.8, 4) is 0 Å². The fourth-order valence-corrected chi connectivity index (χ4v) is 2.38. The van der Waals surface area contributed by atoms with Crippen LogP contribution in [0.25, 0.3) is 0 Å². The van der Waals surface area contributed by atoms with Crippen LogP contribution in [0.3, 0.4) is 0 Å². The Morgan fingerprint density at radius 2 is 1.55 bits per heavy atom. The zero-order chi connectivity index (χ0) is 14.9. The molecule has 1 saturated heterocycles. The summed E-state index contributed by atoms with van der Waals surface area (Å²) in [6.07, 6.45) is 1.13. The lowest BCUT2D eigenvalue weighted by Crippen LogP contribution is -2.38. The third-order valence-electron chi connectivity index (χ3n) is 3.40. The number of ether oxygens (including phenoxy) is 1. The van der Waals surface area contributed by atoms with Crippen LogP contribution < -0.4 is 11.3 Å². The predicted molar refractivity (Wildman–Crippen MR) is 59.8 cm³/mol. The van der Waals surface area contributed by atoms with Crippen molar-refractivity contribution in [2.24, 2.45) is 11.8 Å². The molecule has 0 radical (unpaired) electrons. The molecule has 0 saturated carbocycles. The first kappa shape index (κ1) is 15.1. The monoisotopic (exact) mass is 296 g/mol. The summed E-state index contributed by atoms with van der Waals surface area (Å²) in [5.41, 5.74) is 1.18. The first-order valence-electron chi connectivity index (χ1n) is 6.04. The Bertz CT molecular complexity index is 476. The summed E-state index contributed by atoms with van der Waals surface area (Å²) in [7, 11) is 0. The Kier molecular flexibility index (Phi) is 4.56. The maximum atomic E-state index is 13.7. The quantitative estimate of drug-likeness (QED) is 0.296. The zero-order valence-electron chi connectivity index (χ0n) is 10.4. The van der Waals surface area contributed by atoms with Gasteiger partial charge in [0.25, 0.3) is 0 Å². The number of halogens is 5. The van der Waals surface area contributed by atoms with Gasteiger partial charge in [-0.25, -0.2) is 22.0 Å². The van der Waals surface area contributed by atoms with E-state index < -0.39 is 46.6 Å². The van der Waals surface area contributed by atoms with Crippen LogP contribution in [0.15, 0.2) is 0 Å². The number of benzene rings is 1. The third-order valence-corrected chi connectivity index (χ3v) is 3.40. The Balaban J connectivity index is 2.48. The van der Waals surface area contributed by atoms with E-state index in [2.05, 4.69) is 5.43 Å². The summed E-state index contributed by atoms with van der Waals surface area (Å²) >= 11 is 0. The number of nitrogens with two attached hydrogens (primary N) is 1. The minimum Gasteiger partial charge on any atom is -0.381 e. The van der Waals surface area contributed by atoms with Crippen molar-refractivity contribution in [2.75, 3.05) is 13.2 Å². The fourth-order valence-electron chi connectivity index (χ4n) is 2.38. The molecule has 112 valence electrons. The van der Waals surface area contributed by atoms with Gasteiger partial charge in [-0.2, -0.15) is 0 Å². The number of hydrogen-bond donors (Lipinski definition) is 2. The van der Waals surface area contributed by atoms with Crippen molar-refractivity contribution >= 4 is 0 Å². The number of nitrogens with one attached hydrogen (secondary N) is 1. The molecule has 1 heterocycles. The summed E-state index contributed by atoms with van der Waals surface area (Å²) in [4.78, 5) is 0. The first-order valence-corrected chi connectivity index (χ1v) is 6.04. The molecule has 1 aromatic carbocycles. The average Bonchev–Trinajstić information content (AvgIpc) is 2.48. The molecule has 1 aliphatic rings. The Morgan fingerprint density at radius 3 is 2.00 bits per heavy atom. The maximum absolute atomic E-state index is 13.7. The zero-order valence-corrected chi connectivity index (χ0v) is 10.4. The van der Waals surface area contributed by atoms with Gasteiger partial charge in [-0.1, -0.05) is 0 Å². The lowest BCUT2D eigenvalue weighted by atomic mass is 9.88. The van der Waals surface area contributed by atoms with E-state index in [4.69, 9.17) is 10.6 Å². The topological polar surface area (TPSA) is 47.3 Å². The van der Waals surface area contributed by atoms with Gasteiger partial charge in [0.05, 0.1) is 12.6 Å². The highest BCUT2D eigenvalue weighted by atomic mass is 19.2. The molecule has 0 aliphatic carbocycles. The summed E-state index contributed by atoms with van der Waals surface area (Å²) in [6.45, 7) is 0.624. The van der Waals surface area contributed by atoms with Crippen LogP contribution in [0.1, 0.15) is 24.4 Å². The Morgan fingerprint density at radius 1 is 1.00 bits per heavy atom. The van der Waals surface area contributed by atoms with Crippen LogP contribution in [0.2, 0.25) is 0 Å². The largest absolute Gasteiger partial charge is 0.381 e. The number of rotatable bonds is 3. The Labute approximate surface area is 111 Å². The second-order valence-corrected chi connectivity index (χ2v) is 4.61. The van der Waals surface area contributed by atoms with Gasteiger partial charge in [0, 0.05) is 18.1 Å². The maximum Gasteiger partial charge on any atom is 0.200 e. The van der Waals surface area contributed by atoms with Crippen molar-refractivity contribution in [1.82, 2.24) is 5.43 Å². The molecule has 2 atom stereocenters. The summed E-state index contributed by atoms with van der Waals surface area (Å²) in [5, 5.41) is 0. The molecular formula is C12H13F5N2O. The minimum absolute atomic E-state index is 0.133. The highest BCUT2D eigenvalue weighted by Gasteiger charge is 2.34. The van der Waals surface area contributed by atoms with Gasteiger partial charge in [0.15, 0.2) is 23.3 Å². The molecule has 1 aromatic rings. The van der Waals surface area contributed by atoms with E-state index in [0.29, 0.717) is 19.4 Å². The molecule has 0 bridgehead atoms. The highest BCUT2D eigenvalue weighted by molar-refractivity contribution is 5.27. The van der Waals surface area contributed by atoms with E-state index in [-0.39, 0.29) is 6.61 Å². The molecule has 0 amide bonds. The van der Waals surface area contributed by atoms with Crippen molar-refractivity contribution in [1.29, 1.82) is 0 Å². The minimum atomic E-state index is -2.18. The van der Waals surface area contributed by atoms with Gasteiger partial charge in [-0.3, -0.25) is 11.3 Å². The molecule has 0 spiro atoms. The van der Waals surface area contributed by atoms with Crippen molar-refractivity contribution in [3.63, 3.8) is 0 Å². The average molecular weight is 296 g/mol. The van der Waals surface area contributed by atoms with Crippen LogP contribution in [0.5, 0.6) is 0 Å². The van der Waals surface area contributed by atoms with E-state index >= 15 is 0 Å². The van der Waals surface area contributed by atoms with E-state index in [9.17, 15) is 22.0 Å². The number of hydrazine groups is 1. The van der Waals surface area contributed by atoms with Gasteiger partial charge in [-0.15, -0.1) is 0 Å². The predicted octanol–water partition coefficient (Wildman–Crippen LogP) is 2.31. The van der Waals surface area contributed by atoms with E-state index in [1.165, 1.54) is 0 Å². The summed E-state index contributed by atoms with van der Waals surface area (Å²) in [5.74, 6) is -5.10. The Hall–Kier alpha value is -1.25. The van der Waals surface area contributed by atoms with E-state index in [1.54, 1.807) is 0 Å². The van der Waals surface area contributed by atoms with Crippen molar-refractivity contribution < 1.29 is 26.7 Å². The second kappa shape index (κ2) is 6.02. The SMILES string of the molecule is NNC(c1c(F)c(F)c(F)c(F)c1F)C1CCCOC1. The fraction of sp³-hybridized carbons (Fsp3) is 0.500. The molecule has 20 heavy (non-hydrogen) atoms. The molecule has 2 unspecified atom stereocenters. The van der Waals surface area contributed by atoms with Crippen molar-refractivity contribution in [3.05, 3.63) is 34.6 Å². The van der Waals surface area contributed by atoms with E-state index in [0.717, 1.165) is 0 Å². The van der Waals surface area contributed by atoms with Crippen LogP contribution in [0.4, 0.5) is 22.0 Å². The third kappa shape index (κ3) is 2.50. The molecular weight excluding hydrogens is 283 g/mol. The van der Waals surface area contributed by atoms with Crippen LogP contribution in [0, 0.1) is 35.0 Å². The van der Waals surface area contributed by atoms with Crippen LogP contribution >= 0.6 is 0 Å². The first-order chi connectivity index (χ1) is 9.49. The standard InChI is InChI=1S/C12H13F5N2O/c13-7-6(8(14)10(16)11(17)9(7)15)12(19-18)5-2-1-3-20-4-5/h5,12,19H,1-4,18H2. The molecule has 2 rings (SSSR count). The number of hydrogen-bond acceptors (Lipinski definition) is 3. The molecule has 1 fully saturated rings. The summed E-state index contributed by atoms with van der Waals surface area (Å²) < 4.78 is 72.0. The van der Waals surface area contributed by atoms with Gasteiger partial charge in [-0.05, 0) is 12.8 Å². The normalized spacial score (nSPS) is 21.0.